The number of hydrogen-bond donors (Lipinski definition) is 0. The molecule has 1 radical (unpaired) electrons. The first-order valence-electron chi connectivity index (χ1n) is 8.72. The average molecular weight is 491 g/mol. The summed E-state index contributed by atoms with van der Waals surface area (Å²) < 4.78 is 0. The molecule has 0 N–H and O–H groups in total. The van der Waals surface area contributed by atoms with Gasteiger partial charge >= 0.3 is 0 Å². The number of benzene rings is 2. The third-order valence-corrected chi connectivity index (χ3v) is 5.73. The molecule has 1 nitrogen and oxygen atoms in total. The number of aromatic nitrogens is 1. The maximum absolute atomic E-state index is 5.09. The fourth-order valence-electron chi connectivity index (χ4n) is 4.69. The maximum atomic E-state index is 5.09. The second-order valence-electron chi connectivity index (χ2n) is 7.13. The summed E-state index contributed by atoms with van der Waals surface area (Å²) in [6, 6.07) is 18.4. The second-order valence-corrected chi connectivity index (χ2v) is 7.13. The van der Waals surface area contributed by atoms with Crippen LogP contribution in [0.15, 0.2) is 42.5 Å². The molecule has 24 heavy (non-hydrogen) atoms. The normalized spacial score (nSPS) is 21.4. The summed E-state index contributed by atoms with van der Waals surface area (Å²) in [5, 5.41) is 1.40. The zero-order chi connectivity index (χ0) is 15.4. The minimum absolute atomic E-state index is 0. The van der Waals surface area contributed by atoms with Crippen LogP contribution in [-0.4, -0.2) is 4.98 Å². The number of rotatable bonds is 1. The smallest absolute Gasteiger partial charge is 0.0598 e. The van der Waals surface area contributed by atoms with Crippen molar-refractivity contribution in [1.82, 2.24) is 4.98 Å². The van der Waals surface area contributed by atoms with Crippen LogP contribution < -0.4 is 0 Å². The Balaban J connectivity index is 0.00000146. The minimum Gasteiger partial charge on any atom is -0.296 e. The Morgan fingerprint density at radius 1 is 0.958 bits per heavy atom. The van der Waals surface area contributed by atoms with Crippen LogP contribution in [-0.2, 0) is 20.1 Å². The van der Waals surface area contributed by atoms with Crippen molar-refractivity contribution in [3.8, 4) is 11.3 Å². The van der Waals surface area contributed by atoms with Crippen LogP contribution in [0.3, 0.4) is 0 Å². The molecule has 123 valence electrons. The first-order chi connectivity index (χ1) is 11.3. The first kappa shape index (κ1) is 16.0. The van der Waals surface area contributed by atoms with Crippen molar-refractivity contribution < 1.29 is 20.1 Å². The number of fused-ring (bicyclic) bond motifs is 3. The van der Waals surface area contributed by atoms with E-state index in [0.717, 1.165) is 17.0 Å². The molecule has 2 bridgehead atoms. The number of nitrogens with zero attached hydrogens (tertiary/aromatic N) is 1. The van der Waals surface area contributed by atoms with Crippen molar-refractivity contribution >= 4 is 10.9 Å². The molecule has 3 aromatic rings. The number of hydrogen-bond acceptors (Lipinski definition) is 1. The molecule has 0 aliphatic heterocycles. The van der Waals surface area contributed by atoms with Gasteiger partial charge in [-0.25, -0.2) is 0 Å². The molecule has 0 unspecified atom stereocenters. The van der Waals surface area contributed by atoms with Gasteiger partial charge in [-0.05, 0) is 67.8 Å². The second kappa shape index (κ2) is 6.10. The van der Waals surface area contributed by atoms with Gasteiger partial charge in [0.05, 0.1) is 5.52 Å². The van der Waals surface area contributed by atoms with Crippen LogP contribution in [0.2, 0.25) is 0 Å². The van der Waals surface area contributed by atoms with Gasteiger partial charge in [-0.15, -0.1) is 35.9 Å². The molecule has 3 aliphatic rings. The molecule has 3 aliphatic carbocycles. The fourth-order valence-corrected chi connectivity index (χ4v) is 4.69. The SMILES string of the molecule is Cc1ccc2nc(-c3[c-]cccc3)c3c(c2c1)C1CCC3CC1.[Ir]. The molecule has 2 aromatic carbocycles. The molecule has 1 aromatic heterocycles. The Morgan fingerprint density at radius 2 is 1.71 bits per heavy atom. The molecule has 0 amide bonds. The summed E-state index contributed by atoms with van der Waals surface area (Å²) in [6.07, 6.45) is 5.36. The molecular weight excluding hydrogens is 470 g/mol. The van der Waals surface area contributed by atoms with Gasteiger partial charge < -0.3 is 0 Å². The van der Waals surface area contributed by atoms with Gasteiger partial charge in [0.25, 0.3) is 0 Å². The van der Waals surface area contributed by atoms with Crippen LogP contribution in [0.1, 0.15) is 54.2 Å². The van der Waals surface area contributed by atoms with Crippen LogP contribution in [0, 0.1) is 13.0 Å². The summed E-state index contributed by atoms with van der Waals surface area (Å²) >= 11 is 0. The molecule has 2 heteroatoms. The molecule has 1 heterocycles. The van der Waals surface area contributed by atoms with Gasteiger partial charge in [-0.1, -0.05) is 17.2 Å². The van der Waals surface area contributed by atoms with E-state index in [1.807, 2.05) is 12.1 Å². The van der Waals surface area contributed by atoms with Crippen molar-refractivity contribution in [3.05, 3.63) is 65.2 Å². The molecule has 0 atom stereocenters. The predicted molar refractivity (Wildman–Crippen MR) is 94.7 cm³/mol. The topological polar surface area (TPSA) is 12.9 Å². The van der Waals surface area contributed by atoms with E-state index in [4.69, 9.17) is 4.98 Å². The van der Waals surface area contributed by atoms with Gasteiger partial charge in [0.2, 0.25) is 0 Å². The fraction of sp³-hybridized carbons (Fsp3) is 0.318. The summed E-state index contributed by atoms with van der Waals surface area (Å²) in [5.74, 6) is 1.42. The molecule has 1 fully saturated rings. The van der Waals surface area contributed by atoms with Gasteiger partial charge in [0.15, 0.2) is 0 Å². The van der Waals surface area contributed by atoms with Crippen molar-refractivity contribution in [2.45, 2.75) is 44.4 Å². The first-order valence-corrected chi connectivity index (χ1v) is 8.72. The average Bonchev–Trinajstić information content (AvgIpc) is 2.62. The summed E-state index contributed by atoms with van der Waals surface area (Å²) in [6.45, 7) is 2.19. The van der Waals surface area contributed by atoms with E-state index < -0.39 is 0 Å². The third kappa shape index (κ3) is 2.36. The zero-order valence-corrected chi connectivity index (χ0v) is 16.2. The van der Waals surface area contributed by atoms with Crippen LogP contribution in [0.5, 0.6) is 0 Å². The number of pyridine rings is 1. The van der Waals surface area contributed by atoms with E-state index >= 15 is 0 Å². The Labute approximate surface area is 156 Å². The Kier molecular flexibility index (Phi) is 4.06. The standard InChI is InChI=1S/C22H20N.Ir/c1-14-7-12-19-18(13-14)20-15-8-10-16(11-9-15)21(20)22(23-19)17-5-3-2-4-6-17;/h2-5,7,12-13,15-16H,8-11H2,1H3;/q-1;. The molecule has 0 saturated heterocycles. The van der Waals surface area contributed by atoms with E-state index in [-0.39, 0.29) is 20.1 Å². The van der Waals surface area contributed by atoms with Crippen molar-refractivity contribution in [2.75, 3.05) is 0 Å². The Morgan fingerprint density at radius 3 is 2.42 bits per heavy atom. The predicted octanol–water partition coefficient (Wildman–Crippen LogP) is 5.76. The zero-order valence-electron chi connectivity index (χ0n) is 13.8. The quantitative estimate of drug-likeness (QED) is 0.395. The molecule has 6 rings (SSSR count). The molecular formula is C22H20IrN-. The number of aryl methyl sites for hydroxylation is 1. The summed E-state index contributed by atoms with van der Waals surface area (Å²) in [7, 11) is 0. The van der Waals surface area contributed by atoms with Crippen LogP contribution in [0.4, 0.5) is 0 Å². The van der Waals surface area contributed by atoms with E-state index in [9.17, 15) is 0 Å². The Bertz CT molecular complexity index is 893. The molecule has 1 saturated carbocycles. The molecule has 0 spiro atoms. The van der Waals surface area contributed by atoms with E-state index in [1.54, 1.807) is 5.56 Å². The van der Waals surface area contributed by atoms with Gasteiger partial charge in [-0.2, -0.15) is 0 Å². The van der Waals surface area contributed by atoms with E-state index in [0.29, 0.717) is 5.92 Å². The van der Waals surface area contributed by atoms with Crippen molar-refractivity contribution in [1.29, 1.82) is 0 Å². The van der Waals surface area contributed by atoms with Crippen molar-refractivity contribution in [2.24, 2.45) is 0 Å². The van der Waals surface area contributed by atoms with Crippen molar-refractivity contribution in [3.63, 3.8) is 0 Å². The van der Waals surface area contributed by atoms with E-state index in [1.165, 1.54) is 47.9 Å². The monoisotopic (exact) mass is 491 g/mol. The third-order valence-electron chi connectivity index (χ3n) is 5.73. The summed E-state index contributed by atoms with van der Waals surface area (Å²) in [5.41, 5.74) is 7.96. The van der Waals surface area contributed by atoms with Crippen LogP contribution >= 0.6 is 0 Å². The summed E-state index contributed by atoms with van der Waals surface area (Å²) in [4.78, 5) is 5.09. The van der Waals surface area contributed by atoms with Gasteiger partial charge in [0.1, 0.15) is 0 Å². The maximum Gasteiger partial charge on any atom is 0.0598 e. The van der Waals surface area contributed by atoms with E-state index in [2.05, 4.69) is 43.3 Å². The Hall–Kier alpha value is -1.50. The van der Waals surface area contributed by atoms with Gasteiger partial charge in [-0.3, -0.25) is 4.98 Å². The largest absolute Gasteiger partial charge is 0.296 e. The van der Waals surface area contributed by atoms with Crippen LogP contribution in [0.25, 0.3) is 22.2 Å². The minimum atomic E-state index is 0. The van der Waals surface area contributed by atoms with Gasteiger partial charge in [0, 0.05) is 25.5 Å².